The third kappa shape index (κ3) is 3.60. The van der Waals surface area contributed by atoms with Crippen LogP contribution in [0.4, 0.5) is 10.1 Å². The van der Waals surface area contributed by atoms with E-state index in [1.165, 1.54) is 17.0 Å². The molecule has 0 aliphatic carbocycles. The van der Waals surface area contributed by atoms with Gasteiger partial charge >= 0.3 is 5.97 Å². The minimum absolute atomic E-state index is 0.0502. The molecule has 0 fully saturated rings. The summed E-state index contributed by atoms with van der Waals surface area (Å²) in [6, 6.07) is 4.30. The van der Waals surface area contributed by atoms with Gasteiger partial charge in [-0.15, -0.1) is 6.42 Å². The second kappa shape index (κ2) is 6.40. The fourth-order valence-electron chi connectivity index (χ4n) is 2.27. The van der Waals surface area contributed by atoms with Gasteiger partial charge in [-0.25, -0.2) is 4.39 Å². The number of anilines is 1. The second-order valence-corrected chi connectivity index (χ2v) is 4.87. The summed E-state index contributed by atoms with van der Waals surface area (Å²) in [4.78, 5) is 25.1. The van der Waals surface area contributed by atoms with E-state index in [9.17, 15) is 14.0 Å². The van der Waals surface area contributed by atoms with E-state index in [1.54, 1.807) is 13.0 Å². The van der Waals surface area contributed by atoms with Crippen molar-refractivity contribution >= 4 is 17.6 Å². The van der Waals surface area contributed by atoms with Crippen LogP contribution >= 0.6 is 0 Å². The minimum atomic E-state index is -0.587. The minimum Gasteiger partial charge on any atom is -0.449 e. The van der Waals surface area contributed by atoms with E-state index < -0.39 is 12.1 Å². The number of benzene rings is 1. The molecule has 0 saturated heterocycles. The molecule has 0 aromatic heterocycles. The summed E-state index contributed by atoms with van der Waals surface area (Å²) in [7, 11) is 0. The molecule has 5 heteroatoms. The van der Waals surface area contributed by atoms with Gasteiger partial charge in [0.1, 0.15) is 5.82 Å². The quantitative estimate of drug-likeness (QED) is 0.629. The van der Waals surface area contributed by atoms with Gasteiger partial charge in [-0.3, -0.25) is 9.59 Å². The molecule has 1 unspecified atom stereocenters. The normalized spacial score (nSPS) is 15.1. The standard InChI is InChI=1S/C16H16FNO3/c1-3-11(2)21-16(20)8-9-18-14-6-5-13(17)10-12(14)4-7-15(18)19/h1,5-6,10-11H,4,7-9H2,2H3. The predicted octanol–water partition coefficient (Wildman–Crippen LogP) is 2.06. The fourth-order valence-corrected chi connectivity index (χ4v) is 2.27. The van der Waals surface area contributed by atoms with Crippen LogP contribution < -0.4 is 4.90 Å². The first-order chi connectivity index (χ1) is 10.0. The van der Waals surface area contributed by atoms with Crippen molar-refractivity contribution in [3.8, 4) is 12.3 Å². The molecule has 2 rings (SSSR count). The lowest BCUT2D eigenvalue weighted by Gasteiger charge is -2.29. The molecule has 0 bridgehead atoms. The van der Waals surface area contributed by atoms with E-state index in [0.717, 1.165) is 5.56 Å². The van der Waals surface area contributed by atoms with Crippen molar-refractivity contribution in [2.75, 3.05) is 11.4 Å². The number of hydrogen-bond donors (Lipinski definition) is 0. The lowest BCUT2D eigenvalue weighted by molar-refractivity contribution is -0.145. The Morgan fingerprint density at radius 2 is 2.29 bits per heavy atom. The number of hydrogen-bond acceptors (Lipinski definition) is 3. The predicted molar refractivity (Wildman–Crippen MR) is 76.1 cm³/mol. The number of ether oxygens (including phenoxy) is 1. The molecule has 4 nitrogen and oxygen atoms in total. The lowest BCUT2D eigenvalue weighted by atomic mass is 10.0. The first-order valence-corrected chi connectivity index (χ1v) is 6.75. The van der Waals surface area contributed by atoms with Gasteiger partial charge in [0, 0.05) is 18.7 Å². The number of esters is 1. The first kappa shape index (κ1) is 15.0. The third-order valence-electron chi connectivity index (χ3n) is 3.32. The van der Waals surface area contributed by atoms with E-state index in [0.29, 0.717) is 18.5 Å². The smallest absolute Gasteiger partial charge is 0.308 e. The number of amides is 1. The second-order valence-electron chi connectivity index (χ2n) is 4.87. The molecule has 110 valence electrons. The fraction of sp³-hybridized carbons (Fsp3) is 0.375. The van der Waals surface area contributed by atoms with Crippen LogP contribution in [0, 0.1) is 18.2 Å². The Hall–Kier alpha value is -2.35. The number of terminal acetylenes is 1. The summed E-state index contributed by atoms with van der Waals surface area (Å²) in [5.41, 5.74) is 1.44. The number of carbonyl (C=O) groups is 2. The van der Waals surface area contributed by atoms with Gasteiger partial charge in [-0.05, 0) is 37.1 Å². The Bertz CT molecular complexity index is 606. The van der Waals surface area contributed by atoms with Crippen LogP contribution in [-0.2, 0) is 20.7 Å². The van der Waals surface area contributed by atoms with Crippen molar-refractivity contribution in [1.82, 2.24) is 0 Å². The zero-order valence-corrected chi connectivity index (χ0v) is 11.8. The molecular weight excluding hydrogens is 273 g/mol. The third-order valence-corrected chi connectivity index (χ3v) is 3.32. The molecule has 0 saturated carbocycles. The molecule has 1 aliphatic heterocycles. The van der Waals surface area contributed by atoms with Crippen LogP contribution in [0.25, 0.3) is 0 Å². The van der Waals surface area contributed by atoms with E-state index in [2.05, 4.69) is 5.92 Å². The van der Waals surface area contributed by atoms with Crippen LogP contribution in [0.1, 0.15) is 25.3 Å². The molecule has 1 heterocycles. The van der Waals surface area contributed by atoms with Crippen LogP contribution in [0.3, 0.4) is 0 Å². The molecule has 1 atom stereocenters. The summed E-state index contributed by atoms with van der Waals surface area (Å²) in [6.07, 6.45) is 5.42. The highest BCUT2D eigenvalue weighted by Gasteiger charge is 2.25. The van der Waals surface area contributed by atoms with Gasteiger partial charge in [0.05, 0.1) is 6.42 Å². The van der Waals surface area contributed by atoms with Crippen molar-refractivity contribution in [1.29, 1.82) is 0 Å². The Labute approximate surface area is 122 Å². The maximum Gasteiger partial charge on any atom is 0.308 e. The SMILES string of the molecule is C#CC(C)OC(=O)CCN1C(=O)CCc2cc(F)ccc21. The van der Waals surface area contributed by atoms with Crippen molar-refractivity contribution in [3.63, 3.8) is 0 Å². The van der Waals surface area contributed by atoms with Crippen molar-refractivity contribution in [2.24, 2.45) is 0 Å². The van der Waals surface area contributed by atoms with Crippen molar-refractivity contribution in [2.45, 2.75) is 32.3 Å². The number of fused-ring (bicyclic) bond motifs is 1. The largest absolute Gasteiger partial charge is 0.449 e. The number of carbonyl (C=O) groups excluding carboxylic acids is 2. The summed E-state index contributed by atoms with van der Waals surface area (Å²) in [6.45, 7) is 1.80. The van der Waals surface area contributed by atoms with Gasteiger partial charge in [-0.1, -0.05) is 5.92 Å². The summed E-state index contributed by atoms with van der Waals surface area (Å²) in [5, 5.41) is 0. The van der Waals surface area contributed by atoms with Crippen LogP contribution in [-0.4, -0.2) is 24.5 Å². The zero-order chi connectivity index (χ0) is 15.4. The highest BCUT2D eigenvalue weighted by Crippen LogP contribution is 2.28. The molecule has 0 N–H and O–H groups in total. The van der Waals surface area contributed by atoms with Gasteiger partial charge in [0.15, 0.2) is 6.10 Å². The molecule has 1 aromatic rings. The number of aryl methyl sites for hydroxylation is 1. The maximum atomic E-state index is 13.2. The molecule has 0 radical (unpaired) electrons. The van der Waals surface area contributed by atoms with Crippen LogP contribution in [0.15, 0.2) is 18.2 Å². The first-order valence-electron chi connectivity index (χ1n) is 6.75. The summed E-state index contributed by atoms with van der Waals surface area (Å²) in [5.74, 6) is 1.44. The van der Waals surface area contributed by atoms with Gasteiger partial charge < -0.3 is 9.64 Å². The number of rotatable bonds is 4. The zero-order valence-electron chi connectivity index (χ0n) is 11.8. The molecule has 0 spiro atoms. The average Bonchev–Trinajstić information content (AvgIpc) is 2.46. The maximum absolute atomic E-state index is 13.2. The Kier molecular flexibility index (Phi) is 4.59. The lowest BCUT2D eigenvalue weighted by Crippen LogP contribution is -2.37. The van der Waals surface area contributed by atoms with Gasteiger partial charge in [-0.2, -0.15) is 0 Å². The van der Waals surface area contributed by atoms with Gasteiger partial charge in [0.25, 0.3) is 0 Å². The average molecular weight is 289 g/mol. The molecular formula is C16H16FNO3. The Balaban J connectivity index is 2.05. The molecule has 1 amide bonds. The summed E-state index contributed by atoms with van der Waals surface area (Å²) >= 11 is 0. The van der Waals surface area contributed by atoms with Crippen LogP contribution in [0.2, 0.25) is 0 Å². The van der Waals surface area contributed by atoms with Gasteiger partial charge in [0.2, 0.25) is 5.91 Å². The van der Waals surface area contributed by atoms with Crippen molar-refractivity contribution in [3.05, 3.63) is 29.6 Å². The Morgan fingerprint density at radius 3 is 3.00 bits per heavy atom. The highest BCUT2D eigenvalue weighted by atomic mass is 19.1. The van der Waals surface area contributed by atoms with Crippen LogP contribution in [0.5, 0.6) is 0 Å². The number of nitrogens with zero attached hydrogens (tertiary/aromatic N) is 1. The molecule has 1 aromatic carbocycles. The summed E-state index contributed by atoms with van der Waals surface area (Å²) < 4.78 is 18.2. The topological polar surface area (TPSA) is 46.6 Å². The van der Waals surface area contributed by atoms with E-state index in [-0.39, 0.29) is 24.7 Å². The van der Waals surface area contributed by atoms with E-state index >= 15 is 0 Å². The highest BCUT2D eigenvalue weighted by molar-refractivity contribution is 5.96. The van der Waals surface area contributed by atoms with E-state index in [4.69, 9.17) is 11.2 Å². The molecule has 1 aliphatic rings. The monoisotopic (exact) mass is 289 g/mol. The van der Waals surface area contributed by atoms with Crippen molar-refractivity contribution < 1.29 is 18.7 Å². The number of halogens is 1. The van der Waals surface area contributed by atoms with E-state index in [1.807, 2.05) is 0 Å². The Morgan fingerprint density at radius 1 is 1.52 bits per heavy atom. The molecule has 21 heavy (non-hydrogen) atoms.